The summed E-state index contributed by atoms with van der Waals surface area (Å²) in [5, 5.41) is 0. The topological polar surface area (TPSA) is 35.2 Å². The smallest absolute Gasteiger partial charge is 0.133 e. The van der Waals surface area contributed by atoms with E-state index in [-0.39, 0.29) is 18.5 Å². The Morgan fingerprint density at radius 1 is 1.57 bits per heavy atom. The fourth-order valence-electron chi connectivity index (χ4n) is 1.26. The Morgan fingerprint density at radius 2 is 2.21 bits per heavy atom. The van der Waals surface area contributed by atoms with Gasteiger partial charge < -0.3 is 10.5 Å². The van der Waals surface area contributed by atoms with Gasteiger partial charge in [0.2, 0.25) is 0 Å². The number of halogens is 2. The highest BCUT2D eigenvalue weighted by atomic mass is 79.9. The highest BCUT2D eigenvalue weighted by Gasteiger charge is 2.12. The van der Waals surface area contributed by atoms with Crippen LogP contribution in [0, 0.1) is 5.82 Å². The van der Waals surface area contributed by atoms with E-state index in [1.54, 1.807) is 19.1 Å². The van der Waals surface area contributed by atoms with E-state index < -0.39 is 0 Å². The Labute approximate surface area is 91.4 Å². The number of rotatable bonds is 3. The average molecular weight is 262 g/mol. The highest BCUT2D eigenvalue weighted by Crippen LogP contribution is 2.24. The molecule has 0 amide bonds. The van der Waals surface area contributed by atoms with E-state index >= 15 is 0 Å². The second-order valence-electron chi connectivity index (χ2n) is 3.19. The first-order chi connectivity index (χ1) is 6.56. The molecule has 2 N–H and O–H groups in total. The van der Waals surface area contributed by atoms with Crippen LogP contribution in [-0.4, -0.2) is 7.11 Å². The van der Waals surface area contributed by atoms with Gasteiger partial charge in [-0.2, -0.15) is 0 Å². The Morgan fingerprint density at radius 3 is 2.71 bits per heavy atom. The van der Waals surface area contributed by atoms with Gasteiger partial charge >= 0.3 is 0 Å². The zero-order chi connectivity index (χ0) is 10.7. The second-order valence-corrected chi connectivity index (χ2v) is 4.11. The van der Waals surface area contributed by atoms with Crippen molar-refractivity contribution in [2.75, 3.05) is 7.11 Å². The summed E-state index contributed by atoms with van der Waals surface area (Å²) in [6.07, 6.45) is 0. The summed E-state index contributed by atoms with van der Waals surface area (Å²) in [6.45, 7) is 2.01. The predicted octanol–water partition coefficient (Wildman–Crippen LogP) is 2.75. The van der Waals surface area contributed by atoms with E-state index in [9.17, 15) is 4.39 Å². The molecule has 0 saturated carbocycles. The Kier molecular flexibility index (Phi) is 4.04. The molecule has 1 atom stereocenters. The van der Waals surface area contributed by atoms with Crippen LogP contribution in [0.1, 0.15) is 24.1 Å². The molecule has 0 saturated heterocycles. The molecule has 0 bridgehead atoms. The van der Waals surface area contributed by atoms with Gasteiger partial charge in [-0.15, -0.1) is 0 Å². The third-order valence-corrected chi connectivity index (χ3v) is 2.39. The molecule has 1 aromatic carbocycles. The molecule has 0 radical (unpaired) electrons. The molecule has 1 aromatic rings. The average Bonchev–Trinajstić information content (AvgIpc) is 2.10. The van der Waals surface area contributed by atoms with Crippen LogP contribution in [0.25, 0.3) is 0 Å². The normalized spacial score (nSPS) is 12.9. The molecule has 0 heterocycles. The number of methoxy groups -OCH3 is 1. The SMILES string of the molecule is COCc1cc(Br)cc(C(C)N)c1F. The van der Waals surface area contributed by atoms with Gasteiger partial charge in [0.1, 0.15) is 5.82 Å². The lowest BCUT2D eigenvalue weighted by molar-refractivity contribution is 0.181. The molecule has 4 heteroatoms. The van der Waals surface area contributed by atoms with Crippen molar-refractivity contribution in [1.82, 2.24) is 0 Å². The second kappa shape index (κ2) is 4.87. The minimum Gasteiger partial charge on any atom is -0.380 e. The van der Waals surface area contributed by atoms with E-state index in [1.165, 1.54) is 7.11 Å². The van der Waals surface area contributed by atoms with Crippen molar-refractivity contribution >= 4 is 15.9 Å². The maximum Gasteiger partial charge on any atom is 0.133 e. The molecule has 78 valence electrons. The fourth-order valence-corrected chi connectivity index (χ4v) is 1.78. The van der Waals surface area contributed by atoms with Gasteiger partial charge in [-0.1, -0.05) is 15.9 Å². The van der Waals surface area contributed by atoms with Gasteiger partial charge in [0.25, 0.3) is 0 Å². The predicted molar refractivity (Wildman–Crippen MR) is 57.4 cm³/mol. The highest BCUT2D eigenvalue weighted by molar-refractivity contribution is 9.10. The van der Waals surface area contributed by atoms with Crippen molar-refractivity contribution in [1.29, 1.82) is 0 Å². The molecule has 0 fully saturated rings. The third-order valence-electron chi connectivity index (χ3n) is 1.93. The Balaban J connectivity index is 3.18. The van der Waals surface area contributed by atoms with Gasteiger partial charge in [-0.25, -0.2) is 4.39 Å². The van der Waals surface area contributed by atoms with Gasteiger partial charge in [-0.3, -0.25) is 0 Å². The molecule has 0 aliphatic carbocycles. The van der Waals surface area contributed by atoms with Crippen molar-refractivity contribution in [3.05, 3.63) is 33.5 Å². The van der Waals surface area contributed by atoms with Gasteiger partial charge in [-0.05, 0) is 19.1 Å². The quantitative estimate of drug-likeness (QED) is 0.909. The molecule has 1 unspecified atom stereocenters. The maximum absolute atomic E-state index is 13.7. The summed E-state index contributed by atoms with van der Waals surface area (Å²) in [7, 11) is 1.53. The monoisotopic (exact) mass is 261 g/mol. The van der Waals surface area contributed by atoms with Crippen LogP contribution in [0.5, 0.6) is 0 Å². The van der Waals surface area contributed by atoms with Crippen LogP contribution in [0.2, 0.25) is 0 Å². The zero-order valence-electron chi connectivity index (χ0n) is 8.18. The van der Waals surface area contributed by atoms with E-state index in [2.05, 4.69) is 15.9 Å². The van der Waals surface area contributed by atoms with Crippen molar-refractivity contribution < 1.29 is 9.13 Å². The lowest BCUT2D eigenvalue weighted by Gasteiger charge is -2.11. The van der Waals surface area contributed by atoms with Gasteiger partial charge in [0, 0.05) is 28.8 Å². The zero-order valence-corrected chi connectivity index (χ0v) is 9.77. The van der Waals surface area contributed by atoms with Crippen LogP contribution in [0.3, 0.4) is 0 Å². The summed E-state index contributed by atoms with van der Waals surface area (Å²) >= 11 is 3.31. The summed E-state index contributed by atoms with van der Waals surface area (Å²) in [4.78, 5) is 0. The van der Waals surface area contributed by atoms with Crippen LogP contribution >= 0.6 is 15.9 Å². The summed E-state index contributed by atoms with van der Waals surface area (Å²) in [5.41, 5.74) is 6.68. The lowest BCUT2D eigenvalue weighted by atomic mass is 10.1. The van der Waals surface area contributed by atoms with Crippen LogP contribution in [-0.2, 0) is 11.3 Å². The summed E-state index contributed by atoms with van der Waals surface area (Å²) in [6, 6.07) is 3.08. The van der Waals surface area contributed by atoms with Gasteiger partial charge in [0.05, 0.1) is 6.61 Å². The van der Waals surface area contributed by atoms with Gasteiger partial charge in [0.15, 0.2) is 0 Å². The van der Waals surface area contributed by atoms with Crippen LogP contribution in [0.15, 0.2) is 16.6 Å². The van der Waals surface area contributed by atoms with E-state index in [0.29, 0.717) is 11.1 Å². The molecule has 0 aromatic heterocycles. The standard InChI is InChI=1S/C10H13BrFNO/c1-6(13)9-4-8(11)3-7(5-14-2)10(9)12/h3-4,6H,5,13H2,1-2H3. The minimum absolute atomic E-state index is 0.255. The van der Waals surface area contributed by atoms with Crippen molar-refractivity contribution in [3.8, 4) is 0 Å². The molecular weight excluding hydrogens is 249 g/mol. The minimum atomic E-state index is -0.317. The summed E-state index contributed by atoms with van der Waals surface area (Å²) in [5.74, 6) is -0.273. The molecule has 1 rings (SSSR count). The Hall–Kier alpha value is -0.450. The lowest BCUT2D eigenvalue weighted by Crippen LogP contribution is -2.09. The maximum atomic E-state index is 13.7. The Bertz CT molecular complexity index is 328. The fraction of sp³-hybridized carbons (Fsp3) is 0.400. The first-order valence-corrected chi connectivity index (χ1v) is 5.08. The van der Waals surface area contributed by atoms with Crippen LogP contribution < -0.4 is 5.73 Å². The molecule has 0 aliphatic heterocycles. The molecule has 0 spiro atoms. The van der Waals surface area contributed by atoms with E-state index in [1.807, 2.05) is 0 Å². The van der Waals surface area contributed by atoms with Crippen molar-refractivity contribution in [2.45, 2.75) is 19.6 Å². The van der Waals surface area contributed by atoms with E-state index in [4.69, 9.17) is 10.5 Å². The largest absolute Gasteiger partial charge is 0.380 e. The number of benzene rings is 1. The first kappa shape index (κ1) is 11.6. The summed E-state index contributed by atoms with van der Waals surface area (Å²) < 4.78 is 19.4. The number of hydrogen-bond acceptors (Lipinski definition) is 2. The molecule has 0 aliphatic rings. The number of hydrogen-bond donors (Lipinski definition) is 1. The molecule has 14 heavy (non-hydrogen) atoms. The first-order valence-electron chi connectivity index (χ1n) is 4.28. The molecule has 2 nitrogen and oxygen atoms in total. The third kappa shape index (κ3) is 2.53. The van der Waals surface area contributed by atoms with Crippen LogP contribution in [0.4, 0.5) is 4.39 Å². The van der Waals surface area contributed by atoms with Crippen molar-refractivity contribution in [3.63, 3.8) is 0 Å². The van der Waals surface area contributed by atoms with E-state index in [0.717, 1.165) is 4.47 Å². The number of ether oxygens (including phenoxy) is 1. The number of nitrogens with two attached hydrogens (primary N) is 1. The van der Waals surface area contributed by atoms with Crippen molar-refractivity contribution in [2.24, 2.45) is 5.73 Å². The molecular formula is C10H13BrFNO.